The molecule has 0 radical (unpaired) electrons. The Labute approximate surface area is 116 Å². The molecule has 2 aromatic rings. The Morgan fingerprint density at radius 3 is 2.75 bits per heavy atom. The standard InChI is InChI=1S/C12H13N3O4S/c1-13-20(17,18)11-6-5-10(19-11)12(16)15-8-9-4-2-3-7-14-9/h2-7,13H,8H2,1H3,(H,15,16). The summed E-state index contributed by atoms with van der Waals surface area (Å²) in [5.41, 5.74) is 0.690. The molecule has 1 amide bonds. The minimum Gasteiger partial charge on any atom is -0.438 e. The Kier molecular flexibility index (Phi) is 4.16. The van der Waals surface area contributed by atoms with Crippen LogP contribution in [0.5, 0.6) is 0 Å². The number of aromatic nitrogens is 1. The fraction of sp³-hybridized carbons (Fsp3) is 0.167. The minimum absolute atomic E-state index is 0.0743. The summed E-state index contributed by atoms with van der Waals surface area (Å²) < 4.78 is 30.1. The molecule has 2 N–H and O–H groups in total. The fourth-order valence-electron chi connectivity index (χ4n) is 1.45. The number of hydrogen-bond donors (Lipinski definition) is 2. The van der Waals surface area contributed by atoms with Crippen molar-refractivity contribution >= 4 is 15.9 Å². The molecule has 0 aliphatic rings. The van der Waals surface area contributed by atoms with Gasteiger partial charge in [0.05, 0.1) is 12.2 Å². The van der Waals surface area contributed by atoms with Gasteiger partial charge in [0.1, 0.15) is 0 Å². The lowest BCUT2D eigenvalue weighted by Gasteiger charge is -2.02. The molecule has 0 aliphatic carbocycles. The Morgan fingerprint density at radius 1 is 1.30 bits per heavy atom. The Bertz CT molecular complexity index is 695. The molecule has 0 atom stereocenters. The van der Waals surface area contributed by atoms with Crippen LogP contribution in [0.3, 0.4) is 0 Å². The van der Waals surface area contributed by atoms with E-state index in [4.69, 9.17) is 4.42 Å². The lowest BCUT2D eigenvalue weighted by atomic mass is 10.3. The Balaban J connectivity index is 2.04. The van der Waals surface area contributed by atoms with E-state index in [1.807, 2.05) is 0 Å². The molecule has 0 saturated carbocycles. The van der Waals surface area contributed by atoms with Gasteiger partial charge in [-0.3, -0.25) is 9.78 Å². The van der Waals surface area contributed by atoms with E-state index in [2.05, 4.69) is 15.0 Å². The monoisotopic (exact) mass is 295 g/mol. The number of sulfonamides is 1. The van der Waals surface area contributed by atoms with Crippen LogP contribution in [0.4, 0.5) is 0 Å². The van der Waals surface area contributed by atoms with E-state index in [-0.39, 0.29) is 17.4 Å². The zero-order valence-electron chi connectivity index (χ0n) is 10.7. The number of pyridine rings is 1. The second kappa shape index (κ2) is 5.85. The summed E-state index contributed by atoms with van der Waals surface area (Å²) in [6, 6.07) is 7.87. The van der Waals surface area contributed by atoms with Gasteiger partial charge in [0.2, 0.25) is 5.09 Å². The van der Waals surface area contributed by atoms with Crippen molar-refractivity contribution in [2.45, 2.75) is 11.6 Å². The molecular weight excluding hydrogens is 282 g/mol. The summed E-state index contributed by atoms with van der Waals surface area (Å²) in [4.78, 5) is 15.8. The van der Waals surface area contributed by atoms with Crippen LogP contribution in [0.25, 0.3) is 0 Å². The first-order valence-electron chi connectivity index (χ1n) is 5.74. The molecule has 0 aromatic carbocycles. The van der Waals surface area contributed by atoms with Gasteiger partial charge >= 0.3 is 0 Å². The van der Waals surface area contributed by atoms with E-state index in [9.17, 15) is 13.2 Å². The summed E-state index contributed by atoms with van der Waals surface area (Å²) in [5.74, 6) is -0.581. The smallest absolute Gasteiger partial charge is 0.287 e. The summed E-state index contributed by atoms with van der Waals surface area (Å²) in [6.45, 7) is 0.231. The predicted octanol–water partition coefficient (Wildman–Crippen LogP) is 0.513. The van der Waals surface area contributed by atoms with Gasteiger partial charge in [0.25, 0.3) is 15.9 Å². The largest absolute Gasteiger partial charge is 0.438 e. The molecule has 0 bridgehead atoms. The van der Waals surface area contributed by atoms with Crippen molar-refractivity contribution in [3.63, 3.8) is 0 Å². The first kappa shape index (κ1) is 14.2. The second-order valence-corrected chi connectivity index (χ2v) is 5.65. The van der Waals surface area contributed by atoms with Gasteiger partial charge in [-0.25, -0.2) is 13.1 Å². The van der Waals surface area contributed by atoms with Crippen molar-refractivity contribution in [1.29, 1.82) is 0 Å². The molecule has 106 valence electrons. The molecule has 20 heavy (non-hydrogen) atoms. The fourth-order valence-corrected chi connectivity index (χ4v) is 2.10. The maximum Gasteiger partial charge on any atom is 0.287 e. The molecular formula is C12H13N3O4S. The number of carbonyl (C=O) groups is 1. The first-order chi connectivity index (χ1) is 9.53. The molecule has 8 heteroatoms. The van der Waals surface area contributed by atoms with Crippen LogP contribution in [0.2, 0.25) is 0 Å². The highest BCUT2D eigenvalue weighted by Crippen LogP contribution is 2.13. The molecule has 0 saturated heterocycles. The maximum atomic E-state index is 11.8. The van der Waals surface area contributed by atoms with E-state index in [0.29, 0.717) is 5.69 Å². The number of amides is 1. The van der Waals surface area contributed by atoms with Crippen LogP contribution in [0.1, 0.15) is 16.2 Å². The normalized spacial score (nSPS) is 11.2. The van der Waals surface area contributed by atoms with E-state index < -0.39 is 15.9 Å². The summed E-state index contributed by atoms with van der Waals surface area (Å²) >= 11 is 0. The summed E-state index contributed by atoms with van der Waals surface area (Å²) in [6.07, 6.45) is 1.62. The first-order valence-corrected chi connectivity index (χ1v) is 7.23. The Morgan fingerprint density at radius 2 is 2.10 bits per heavy atom. The van der Waals surface area contributed by atoms with Gasteiger partial charge in [-0.05, 0) is 31.3 Å². The van der Waals surface area contributed by atoms with Crippen LogP contribution in [-0.2, 0) is 16.6 Å². The molecule has 7 nitrogen and oxygen atoms in total. The summed E-state index contributed by atoms with van der Waals surface area (Å²) in [7, 11) is -2.42. The number of hydrogen-bond acceptors (Lipinski definition) is 5. The van der Waals surface area contributed by atoms with E-state index in [1.54, 1.807) is 24.4 Å². The third kappa shape index (κ3) is 3.22. The third-order valence-electron chi connectivity index (χ3n) is 2.49. The van der Waals surface area contributed by atoms with Gasteiger partial charge in [-0.15, -0.1) is 0 Å². The number of furan rings is 1. The average Bonchev–Trinajstić information content (AvgIpc) is 2.96. The van der Waals surface area contributed by atoms with Crippen LogP contribution in [0, 0.1) is 0 Å². The maximum absolute atomic E-state index is 11.8. The van der Waals surface area contributed by atoms with Gasteiger partial charge in [-0.2, -0.15) is 0 Å². The molecule has 0 fully saturated rings. The molecule has 2 heterocycles. The van der Waals surface area contributed by atoms with Gasteiger partial charge in [-0.1, -0.05) is 6.07 Å². The third-order valence-corrected chi connectivity index (χ3v) is 3.78. The van der Waals surface area contributed by atoms with Crippen LogP contribution in [-0.4, -0.2) is 26.4 Å². The Hall–Kier alpha value is -2.19. The van der Waals surface area contributed by atoms with Crippen LogP contribution in [0.15, 0.2) is 46.0 Å². The van der Waals surface area contributed by atoms with Crippen LogP contribution >= 0.6 is 0 Å². The number of nitrogens with zero attached hydrogens (tertiary/aromatic N) is 1. The van der Waals surface area contributed by atoms with E-state index in [1.165, 1.54) is 19.2 Å². The number of nitrogens with one attached hydrogen (secondary N) is 2. The van der Waals surface area contributed by atoms with Crippen molar-refractivity contribution in [2.24, 2.45) is 0 Å². The number of rotatable bonds is 5. The van der Waals surface area contributed by atoms with Crippen LogP contribution < -0.4 is 10.0 Å². The topological polar surface area (TPSA) is 101 Å². The lowest BCUT2D eigenvalue weighted by Crippen LogP contribution is -2.23. The van der Waals surface area contributed by atoms with E-state index in [0.717, 1.165) is 0 Å². The molecule has 0 spiro atoms. The average molecular weight is 295 g/mol. The summed E-state index contributed by atoms with van der Waals surface area (Å²) in [5, 5.41) is 2.28. The van der Waals surface area contributed by atoms with Crippen molar-refractivity contribution in [2.75, 3.05) is 7.05 Å². The second-order valence-electron chi connectivity index (χ2n) is 3.83. The molecule has 2 rings (SSSR count). The van der Waals surface area contributed by atoms with Gasteiger partial charge < -0.3 is 9.73 Å². The molecule has 0 aliphatic heterocycles. The van der Waals surface area contributed by atoms with Crippen molar-refractivity contribution in [1.82, 2.24) is 15.0 Å². The van der Waals surface area contributed by atoms with Gasteiger partial charge in [0.15, 0.2) is 5.76 Å². The highest BCUT2D eigenvalue weighted by molar-refractivity contribution is 7.89. The minimum atomic E-state index is -3.69. The van der Waals surface area contributed by atoms with Crippen molar-refractivity contribution in [3.05, 3.63) is 48.0 Å². The zero-order valence-corrected chi connectivity index (χ0v) is 11.5. The highest BCUT2D eigenvalue weighted by atomic mass is 32.2. The number of carbonyl (C=O) groups excluding carboxylic acids is 1. The lowest BCUT2D eigenvalue weighted by molar-refractivity contribution is 0.0917. The molecule has 0 unspecified atom stereocenters. The van der Waals surface area contributed by atoms with Crippen molar-refractivity contribution in [3.8, 4) is 0 Å². The quantitative estimate of drug-likeness (QED) is 0.837. The molecule has 2 aromatic heterocycles. The zero-order chi connectivity index (χ0) is 14.6. The SMILES string of the molecule is CNS(=O)(=O)c1ccc(C(=O)NCc2ccccn2)o1. The van der Waals surface area contributed by atoms with E-state index >= 15 is 0 Å². The highest BCUT2D eigenvalue weighted by Gasteiger charge is 2.19. The predicted molar refractivity (Wildman–Crippen MR) is 70.4 cm³/mol. The van der Waals surface area contributed by atoms with Crippen molar-refractivity contribution < 1.29 is 17.6 Å². The van der Waals surface area contributed by atoms with Gasteiger partial charge in [0, 0.05) is 6.20 Å².